The number of carbonyl (C=O) groups excluding carboxylic acids is 1. The van der Waals surface area contributed by atoms with Crippen LogP contribution in [0.4, 0.5) is 0 Å². The summed E-state index contributed by atoms with van der Waals surface area (Å²) in [7, 11) is 0. The van der Waals surface area contributed by atoms with Crippen molar-refractivity contribution in [1.29, 1.82) is 0 Å². The predicted octanol–water partition coefficient (Wildman–Crippen LogP) is 2.66. The molecule has 0 spiro atoms. The van der Waals surface area contributed by atoms with E-state index in [0.29, 0.717) is 6.54 Å². The van der Waals surface area contributed by atoms with Gasteiger partial charge in [0.15, 0.2) is 0 Å². The van der Waals surface area contributed by atoms with Gasteiger partial charge in [-0.05, 0) is 26.9 Å². The fraction of sp³-hybridized carbons (Fsp3) is 0.222. The van der Waals surface area contributed by atoms with Crippen molar-refractivity contribution < 1.29 is 4.79 Å². The van der Waals surface area contributed by atoms with Crippen LogP contribution in [0.3, 0.4) is 0 Å². The first-order chi connectivity index (χ1) is 6.20. The predicted molar refractivity (Wildman–Crippen MR) is 59.7 cm³/mol. The van der Waals surface area contributed by atoms with Gasteiger partial charge in [0.1, 0.15) is 0 Å². The molecule has 1 heterocycles. The molecular weight excluding hydrogens is 250 g/mol. The molecule has 0 saturated carbocycles. The minimum absolute atomic E-state index is 0.00552. The van der Waals surface area contributed by atoms with Gasteiger partial charge in [0.05, 0.1) is 0 Å². The minimum atomic E-state index is -0.00552. The number of nitrogens with one attached hydrogen (secondary N) is 1. The van der Waals surface area contributed by atoms with Gasteiger partial charge in [0.2, 0.25) is 5.91 Å². The first kappa shape index (κ1) is 10.5. The fourth-order valence-electron chi connectivity index (χ4n) is 0.799. The lowest BCUT2D eigenvalue weighted by Gasteiger charge is -1.94. The zero-order chi connectivity index (χ0) is 9.68. The van der Waals surface area contributed by atoms with Crippen LogP contribution in [0.5, 0.6) is 0 Å². The van der Waals surface area contributed by atoms with Crippen LogP contribution >= 0.6 is 27.3 Å². The van der Waals surface area contributed by atoms with Crippen LogP contribution in [-0.2, 0) is 4.79 Å². The molecule has 0 aliphatic rings. The highest BCUT2D eigenvalue weighted by Crippen LogP contribution is 2.22. The summed E-state index contributed by atoms with van der Waals surface area (Å²) in [6, 6.07) is 0. The van der Waals surface area contributed by atoms with Crippen LogP contribution in [0.1, 0.15) is 12.5 Å². The van der Waals surface area contributed by atoms with Gasteiger partial charge in [-0.3, -0.25) is 4.79 Å². The second kappa shape index (κ2) is 5.19. The van der Waals surface area contributed by atoms with Gasteiger partial charge in [-0.25, -0.2) is 0 Å². The van der Waals surface area contributed by atoms with Gasteiger partial charge < -0.3 is 5.32 Å². The highest BCUT2D eigenvalue weighted by atomic mass is 79.9. The van der Waals surface area contributed by atoms with E-state index >= 15 is 0 Å². The summed E-state index contributed by atoms with van der Waals surface area (Å²) >= 11 is 5.06. The summed E-state index contributed by atoms with van der Waals surface area (Å²) in [4.78, 5) is 10.5. The number of thiophene rings is 1. The van der Waals surface area contributed by atoms with E-state index < -0.39 is 0 Å². The van der Waals surface area contributed by atoms with Gasteiger partial charge >= 0.3 is 0 Å². The molecule has 0 atom stereocenters. The van der Waals surface area contributed by atoms with Crippen molar-refractivity contribution in [3.63, 3.8) is 0 Å². The van der Waals surface area contributed by atoms with Crippen molar-refractivity contribution in [2.75, 3.05) is 6.54 Å². The topological polar surface area (TPSA) is 29.1 Å². The third-order valence-corrected chi connectivity index (χ3v) is 3.16. The first-order valence-corrected chi connectivity index (χ1v) is 5.56. The largest absolute Gasteiger partial charge is 0.353 e. The van der Waals surface area contributed by atoms with E-state index in [2.05, 4.69) is 21.2 Å². The Labute approximate surface area is 89.8 Å². The molecule has 2 nitrogen and oxygen atoms in total. The van der Waals surface area contributed by atoms with Crippen LogP contribution in [0.2, 0.25) is 0 Å². The summed E-state index contributed by atoms with van der Waals surface area (Å²) < 4.78 is 1.09. The van der Waals surface area contributed by atoms with E-state index in [1.165, 1.54) is 6.92 Å². The third kappa shape index (κ3) is 3.74. The Hall–Kier alpha value is -0.610. The molecule has 0 unspecified atom stereocenters. The molecule has 1 N–H and O–H groups in total. The molecule has 70 valence electrons. The van der Waals surface area contributed by atoms with Crippen LogP contribution in [0.15, 0.2) is 21.3 Å². The smallest absolute Gasteiger partial charge is 0.217 e. The Morgan fingerprint density at radius 1 is 1.69 bits per heavy atom. The quantitative estimate of drug-likeness (QED) is 0.889. The molecule has 1 amide bonds. The Kier molecular flexibility index (Phi) is 4.18. The second-order valence-electron chi connectivity index (χ2n) is 2.51. The minimum Gasteiger partial charge on any atom is -0.353 e. The number of rotatable bonds is 3. The SMILES string of the molecule is CC(=O)NCC=Cc1cscc1Br. The van der Waals surface area contributed by atoms with Gasteiger partial charge in [-0.1, -0.05) is 12.2 Å². The molecule has 1 aromatic rings. The summed E-state index contributed by atoms with van der Waals surface area (Å²) in [6.45, 7) is 2.09. The average molecular weight is 260 g/mol. The molecule has 0 radical (unpaired) electrons. The highest BCUT2D eigenvalue weighted by Gasteiger charge is 1.94. The van der Waals surface area contributed by atoms with Crippen LogP contribution < -0.4 is 5.32 Å². The number of hydrogen-bond donors (Lipinski definition) is 1. The van der Waals surface area contributed by atoms with Gasteiger partial charge in [-0.15, -0.1) is 0 Å². The molecule has 0 saturated heterocycles. The fourth-order valence-corrected chi connectivity index (χ4v) is 2.20. The summed E-state index contributed by atoms with van der Waals surface area (Å²) in [5, 5.41) is 6.77. The zero-order valence-electron chi connectivity index (χ0n) is 7.21. The molecule has 1 aromatic heterocycles. The highest BCUT2D eigenvalue weighted by molar-refractivity contribution is 9.10. The van der Waals surface area contributed by atoms with Crippen LogP contribution in [0, 0.1) is 0 Å². The van der Waals surface area contributed by atoms with Gasteiger partial charge in [0.25, 0.3) is 0 Å². The number of halogens is 1. The zero-order valence-corrected chi connectivity index (χ0v) is 9.61. The molecule has 13 heavy (non-hydrogen) atoms. The molecule has 0 aliphatic heterocycles. The van der Waals surface area contributed by atoms with Crippen molar-refractivity contribution in [3.05, 3.63) is 26.9 Å². The second-order valence-corrected chi connectivity index (χ2v) is 4.11. The Morgan fingerprint density at radius 3 is 3.00 bits per heavy atom. The lowest BCUT2D eigenvalue weighted by molar-refractivity contribution is -0.118. The maximum absolute atomic E-state index is 10.5. The normalized spacial score (nSPS) is 10.6. The molecule has 0 fully saturated rings. The number of hydrogen-bond acceptors (Lipinski definition) is 2. The molecule has 0 bridgehead atoms. The first-order valence-electron chi connectivity index (χ1n) is 3.83. The molecule has 0 aliphatic carbocycles. The van der Waals surface area contributed by atoms with Crippen molar-refractivity contribution in [2.45, 2.75) is 6.92 Å². The van der Waals surface area contributed by atoms with Gasteiger partial charge in [-0.2, -0.15) is 11.3 Å². The average Bonchev–Trinajstić information content (AvgIpc) is 2.45. The van der Waals surface area contributed by atoms with Crippen LogP contribution in [0.25, 0.3) is 6.08 Å². The Morgan fingerprint density at radius 2 is 2.46 bits per heavy atom. The van der Waals surface area contributed by atoms with E-state index in [1.54, 1.807) is 11.3 Å². The van der Waals surface area contributed by atoms with Crippen LogP contribution in [-0.4, -0.2) is 12.5 Å². The molecule has 4 heteroatoms. The standard InChI is InChI=1S/C9H10BrNOS/c1-7(12)11-4-2-3-8-5-13-6-9(8)10/h2-3,5-6H,4H2,1H3,(H,11,12). The summed E-state index contributed by atoms with van der Waals surface area (Å²) in [6.07, 6.45) is 3.91. The molecule has 1 rings (SSSR count). The number of carbonyl (C=O) groups is 1. The maximum Gasteiger partial charge on any atom is 0.217 e. The molecule has 0 aromatic carbocycles. The van der Waals surface area contributed by atoms with E-state index in [1.807, 2.05) is 22.9 Å². The summed E-state index contributed by atoms with van der Waals surface area (Å²) in [5.74, 6) is -0.00552. The van der Waals surface area contributed by atoms with Crippen molar-refractivity contribution in [2.24, 2.45) is 0 Å². The lowest BCUT2D eigenvalue weighted by Crippen LogP contribution is -2.19. The maximum atomic E-state index is 10.5. The van der Waals surface area contributed by atoms with Crippen molar-refractivity contribution in [3.8, 4) is 0 Å². The Bertz CT molecular complexity index is 319. The lowest BCUT2D eigenvalue weighted by atomic mass is 10.3. The Balaban J connectivity index is 2.41. The van der Waals surface area contributed by atoms with Gasteiger partial charge in [0, 0.05) is 23.3 Å². The van der Waals surface area contributed by atoms with Crippen molar-refractivity contribution in [1.82, 2.24) is 5.32 Å². The third-order valence-electron chi connectivity index (χ3n) is 1.41. The van der Waals surface area contributed by atoms with E-state index in [-0.39, 0.29) is 5.91 Å². The monoisotopic (exact) mass is 259 g/mol. The van der Waals surface area contributed by atoms with E-state index in [4.69, 9.17) is 0 Å². The summed E-state index contributed by atoms with van der Waals surface area (Å²) in [5.41, 5.74) is 1.15. The number of amides is 1. The van der Waals surface area contributed by atoms with Crippen molar-refractivity contribution >= 4 is 39.2 Å². The van der Waals surface area contributed by atoms with E-state index in [0.717, 1.165) is 10.0 Å². The molecular formula is C9H10BrNOS. The van der Waals surface area contributed by atoms with E-state index in [9.17, 15) is 4.79 Å².